The van der Waals surface area contributed by atoms with Crippen molar-refractivity contribution in [3.05, 3.63) is 39.7 Å². The Morgan fingerprint density at radius 2 is 2.09 bits per heavy atom. The van der Waals surface area contributed by atoms with Gasteiger partial charge < -0.3 is 10.2 Å². The lowest BCUT2D eigenvalue weighted by atomic mass is 10.2. The van der Waals surface area contributed by atoms with E-state index in [4.69, 9.17) is 0 Å². The maximum absolute atomic E-state index is 13.8. The first kappa shape index (κ1) is 19.3. The number of hydrogen-bond acceptors (Lipinski definition) is 5. The molecule has 0 radical (unpaired) electrons. The predicted molar refractivity (Wildman–Crippen MR) is 86.1 cm³/mol. The minimum Gasteiger partial charge on any atom is -0.339 e. The Kier molecular flexibility index (Phi) is 7.34. The Labute approximate surface area is 140 Å². The second-order valence-corrected chi connectivity index (χ2v) is 5.34. The van der Waals surface area contributed by atoms with E-state index < -0.39 is 10.7 Å². The van der Waals surface area contributed by atoms with Crippen molar-refractivity contribution >= 4 is 24.0 Å². The minimum atomic E-state index is -0.634. The number of piperazine rings is 1. The maximum atomic E-state index is 13.8. The van der Waals surface area contributed by atoms with Gasteiger partial charge in [-0.05, 0) is 13.1 Å². The quantitative estimate of drug-likeness (QED) is 0.636. The van der Waals surface area contributed by atoms with E-state index in [0.29, 0.717) is 18.7 Å². The molecule has 0 bridgehead atoms. The second kappa shape index (κ2) is 8.76. The molecule has 1 aliphatic rings. The number of nitro benzene ring substituents is 1. The summed E-state index contributed by atoms with van der Waals surface area (Å²) < 4.78 is 13.8. The number of likely N-dealkylation sites (N-methyl/N-ethyl adjacent to an activating group) is 1. The number of benzene rings is 1. The third kappa shape index (κ3) is 5.42. The van der Waals surface area contributed by atoms with E-state index in [2.05, 4.69) is 5.32 Å². The Hall–Kier alpha value is -1.77. The number of nitro groups is 1. The largest absolute Gasteiger partial charge is 0.339 e. The molecule has 1 amide bonds. The van der Waals surface area contributed by atoms with E-state index in [-0.39, 0.29) is 37.1 Å². The number of nitrogens with zero attached hydrogens (tertiary/aromatic N) is 3. The smallest absolute Gasteiger partial charge is 0.272 e. The van der Waals surface area contributed by atoms with Crippen LogP contribution in [0.5, 0.6) is 0 Å². The fourth-order valence-electron chi connectivity index (χ4n) is 2.37. The summed E-state index contributed by atoms with van der Waals surface area (Å²) in [5.41, 5.74) is 0.0574. The van der Waals surface area contributed by atoms with Crippen molar-refractivity contribution in [3.8, 4) is 0 Å². The summed E-state index contributed by atoms with van der Waals surface area (Å²) in [4.78, 5) is 25.5. The monoisotopic (exact) mass is 346 g/mol. The van der Waals surface area contributed by atoms with Gasteiger partial charge in [-0.2, -0.15) is 0 Å². The Balaban J connectivity index is 0.00000264. The minimum absolute atomic E-state index is 0. The molecule has 7 nitrogen and oxygen atoms in total. The van der Waals surface area contributed by atoms with Crippen molar-refractivity contribution in [1.82, 2.24) is 15.1 Å². The van der Waals surface area contributed by atoms with Gasteiger partial charge in [0.05, 0.1) is 17.5 Å². The van der Waals surface area contributed by atoms with Crippen molar-refractivity contribution in [2.45, 2.75) is 6.54 Å². The first-order chi connectivity index (χ1) is 10.5. The van der Waals surface area contributed by atoms with Gasteiger partial charge in [0.15, 0.2) is 0 Å². The number of hydrogen-bond donors (Lipinski definition) is 1. The van der Waals surface area contributed by atoms with Crippen LogP contribution in [0, 0.1) is 15.9 Å². The van der Waals surface area contributed by atoms with Gasteiger partial charge in [0, 0.05) is 44.4 Å². The standard InChI is InChI=1S/C14H19FN4O3.ClH/c1-17(10-14(20)18-6-4-16-5-7-18)9-11-2-3-12(19(21)22)8-13(11)15;/h2-3,8,16H,4-7,9-10H2,1H3;1H. The lowest BCUT2D eigenvalue weighted by Crippen LogP contribution is -2.49. The molecular formula is C14H20ClFN4O3. The van der Waals surface area contributed by atoms with E-state index in [1.807, 2.05) is 0 Å². The molecule has 1 saturated heterocycles. The SMILES string of the molecule is CN(CC(=O)N1CCNCC1)Cc1ccc([N+](=O)[O-])cc1F.Cl. The zero-order valence-electron chi connectivity index (χ0n) is 12.8. The number of amides is 1. The van der Waals surface area contributed by atoms with Crippen molar-refractivity contribution in [2.24, 2.45) is 0 Å². The molecule has 128 valence electrons. The number of non-ortho nitro benzene ring substituents is 1. The number of rotatable bonds is 5. The molecule has 9 heteroatoms. The van der Waals surface area contributed by atoms with Crippen LogP contribution in [0.4, 0.5) is 10.1 Å². The average molecular weight is 347 g/mol. The summed E-state index contributed by atoms with van der Waals surface area (Å²) in [6, 6.07) is 3.56. The highest BCUT2D eigenvalue weighted by Crippen LogP contribution is 2.17. The Morgan fingerprint density at radius 3 is 2.65 bits per heavy atom. The van der Waals surface area contributed by atoms with Crippen LogP contribution in [0.1, 0.15) is 5.56 Å². The summed E-state index contributed by atoms with van der Waals surface area (Å²) in [6.07, 6.45) is 0. The van der Waals surface area contributed by atoms with Crippen LogP contribution in [0.25, 0.3) is 0 Å². The number of halogens is 2. The van der Waals surface area contributed by atoms with Gasteiger partial charge in [-0.25, -0.2) is 4.39 Å². The van der Waals surface area contributed by atoms with Gasteiger partial charge in [0.25, 0.3) is 5.69 Å². The Morgan fingerprint density at radius 1 is 1.43 bits per heavy atom. The Bertz CT molecular complexity index is 567. The van der Waals surface area contributed by atoms with Gasteiger partial charge in [-0.3, -0.25) is 19.8 Å². The van der Waals surface area contributed by atoms with Crippen molar-refractivity contribution < 1.29 is 14.1 Å². The van der Waals surface area contributed by atoms with Gasteiger partial charge >= 0.3 is 0 Å². The average Bonchev–Trinajstić information content (AvgIpc) is 2.50. The normalized spacial score (nSPS) is 14.5. The first-order valence-corrected chi connectivity index (χ1v) is 7.07. The summed E-state index contributed by atoms with van der Waals surface area (Å²) in [5.74, 6) is -0.623. The van der Waals surface area contributed by atoms with Crippen LogP contribution >= 0.6 is 12.4 Å². The molecule has 0 saturated carbocycles. The van der Waals surface area contributed by atoms with Gasteiger partial charge in [0.1, 0.15) is 5.82 Å². The zero-order chi connectivity index (χ0) is 16.1. The molecule has 1 aromatic carbocycles. The van der Waals surface area contributed by atoms with Crippen molar-refractivity contribution in [3.63, 3.8) is 0 Å². The van der Waals surface area contributed by atoms with Gasteiger partial charge in [-0.1, -0.05) is 0 Å². The molecule has 0 aromatic heterocycles. The van der Waals surface area contributed by atoms with Gasteiger partial charge in [-0.15, -0.1) is 12.4 Å². The molecule has 1 heterocycles. The molecule has 1 N–H and O–H groups in total. The first-order valence-electron chi connectivity index (χ1n) is 7.07. The second-order valence-electron chi connectivity index (χ2n) is 5.34. The molecular weight excluding hydrogens is 327 g/mol. The predicted octanol–water partition coefficient (Wildman–Crippen LogP) is 1.02. The highest BCUT2D eigenvalue weighted by molar-refractivity contribution is 5.85. The molecule has 0 unspecified atom stereocenters. The fourth-order valence-corrected chi connectivity index (χ4v) is 2.37. The van der Waals surface area contributed by atoms with E-state index >= 15 is 0 Å². The van der Waals surface area contributed by atoms with E-state index in [0.717, 1.165) is 19.2 Å². The van der Waals surface area contributed by atoms with Crippen LogP contribution in [-0.4, -0.2) is 60.4 Å². The third-order valence-corrected chi connectivity index (χ3v) is 3.56. The van der Waals surface area contributed by atoms with E-state index in [9.17, 15) is 19.3 Å². The van der Waals surface area contributed by atoms with Crippen molar-refractivity contribution in [2.75, 3.05) is 39.8 Å². The van der Waals surface area contributed by atoms with E-state index in [1.165, 1.54) is 12.1 Å². The zero-order valence-corrected chi connectivity index (χ0v) is 13.6. The molecule has 1 fully saturated rings. The molecule has 0 aliphatic carbocycles. The molecule has 0 spiro atoms. The van der Waals surface area contributed by atoms with E-state index in [1.54, 1.807) is 16.8 Å². The van der Waals surface area contributed by atoms with Crippen LogP contribution in [-0.2, 0) is 11.3 Å². The lowest BCUT2D eigenvalue weighted by molar-refractivity contribution is -0.385. The molecule has 2 rings (SSSR count). The van der Waals surface area contributed by atoms with Gasteiger partial charge in [0.2, 0.25) is 5.91 Å². The van der Waals surface area contributed by atoms with Crippen LogP contribution < -0.4 is 5.32 Å². The number of nitrogens with one attached hydrogen (secondary N) is 1. The third-order valence-electron chi connectivity index (χ3n) is 3.56. The molecule has 23 heavy (non-hydrogen) atoms. The van der Waals surface area contributed by atoms with Crippen LogP contribution in [0.2, 0.25) is 0 Å². The summed E-state index contributed by atoms with van der Waals surface area (Å²) in [7, 11) is 1.72. The van der Waals surface area contributed by atoms with Crippen molar-refractivity contribution in [1.29, 1.82) is 0 Å². The molecule has 1 aromatic rings. The highest BCUT2D eigenvalue weighted by Gasteiger charge is 2.18. The number of carbonyl (C=O) groups is 1. The molecule has 0 atom stereocenters. The maximum Gasteiger partial charge on any atom is 0.272 e. The van der Waals surface area contributed by atoms with Crippen LogP contribution in [0.15, 0.2) is 18.2 Å². The topological polar surface area (TPSA) is 78.7 Å². The fraction of sp³-hybridized carbons (Fsp3) is 0.500. The summed E-state index contributed by atoms with van der Waals surface area (Å²) in [5, 5.41) is 13.8. The summed E-state index contributed by atoms with van der Waals surface area (Å²) >= 11 is 0. The summed E-state index contributed by atoms with van der Waals surface area (Å²) in [6.45, 7) is 3.34. The lowest BCUT2D eigenvalue weighted by Gasteiger charge is -2.29. The number of carbonyl (C=O) groups excluding carboxylic acids is 1. The highest BCUT2D eigenvalue weighted by atomic mass is 35.5. The van der Waals surface area contributed by atoms with Crippen LogP contribution in [0.3, 0.4) is 0 Å². The molecule has 1 aliphatic heterocycles.